The third kappa shape index (κ3) is 4.61. The Bertz CT molecular complexity index is 1020. The van der Waals surface area contributed by atoms with E-state index < -0.39 is 0 Å². The Morgan fingerprint density at radius 1 is 1.13 bits per heavy atom. The van der Waals surface area contributed by atoms with Crippen LogP contribution in [-0.2, 0) is 4.74 Å². The summed E-state index contributed by atoms with van der Waals surface area (Å²) in [5.41, 5.74) is 2.10. The van der Waals surface area contributed by atoms with Crippen LogP contribution >= 0.6 is 11.3 Å². The second-order valence-electron chi connectivity index (χ2n) is 7.24. The average molecular weight is 443 g/mol. The Labute approximate surface area is 185 Å². The molecule has 7 nitrogen and oxygen atoms in total. The van der Waals surface area contributed by atoms with Gasteiger partial charge in [0.1, 0.15) is 5.00 Å². The van der Waals surface area contributed by atoms with E-state index >= 15 is 0 Å². The predicted molar refractivity (Wildman–Crippen MR) is 119 cm³/mol. The van der Waals surface area contributed by atoms with Crippen molar-refractivity contribution in [2.75, 3.05) is 45.8 Å². The first-order valence-corrected chi connectivity index (χ1v) is 10.9. The molecule has 1 aliphatic heterocycles. The van der Waals surface area contributed by atoms with Crippen LogP contribution in [-0.4, -0.2) is 51.3 Å². The number of furan rings is 1. The monoisotopic (exact) mass is 442 g/mol. The van der Waals surface area contributed by atoms with E-state index in [1.54, 1.807) is 37.7 Å². The number of methoxy groups -OCH3 is 2. The smallest absolute Gasteiger partial charge is 0.291 e. The second-order valence-corrected chi connectivity index (χ2v) is 8.49. The van der Waals surface area contributed by atoms with Crippen molar-refractivity contribution < 1.29 is 23.4 Å². The summed E-state index contributed by atoms with van der Waals surface area (Å²) >= 11 is 1.56. The summed E-state index contributed by atoms with van der Waals surface area (Å²) < 4.78 is 21.8. The van der Waals surface area contributed by atoms with Crippen molar-refractivity contribution in [3.05, 3.63) is 64.4 Å². The number of morpholine rings is 1. The minimum atomic E-state index is -0.263. The molecule has 1 saturated heterocycles. The van der Waals surface area contributed by atoms with E-state index in [-0.39, 0.29) is 17.7 Å². The molecule has 2 aromatic heterocycles. The maximum absolute atomic E-state index is 12.7. The largest absolute Gasteiger partial charge is 0.493 e. The second kappa shape index (κ2) is 9.55. The summed E-state index contributed by atoms with van der Waals surface area (Å²) in [5.74, 6) is 1.37. The van der Waals surface area contributed by atoms with E-state index in [4.69, 9.17) is 18.6 Å². The number of carbonyl (C=O) groups is 1. The van der Waals surface area contributed by atoms with Crippen LogP contribution < -0.4 is 14.8 Å². The van der Waals surface area contributed by atoms with Gasteiger partial charge in [0.2, 0.25) is 0 Å². The van der Waals surface area contributed by atoms with Gasteiger partial charge in [-0.05, 0) is 42.8 Å². The fourth-order valence-corrected chi connectivity index (χ4v) is 4.79. The Morgan fingerprint density at radius 2 is 1.90 bits per heavy atom. The number of anilines is 1. The Balaban J connectivity index is 1.75. The van der Waals surface area contributed by atoms with Crippen LogP contribution in [0.4, 0.5) is 5.00 Å². The van der Waals surface area contributed by atoms with Crippen molar-refractivity contribution in [1.82, 2.24) is 4.90 Å². The molecular weight excluding hydrogens is 416 g/mol. The van der Waals surface area contributed by atoms with E-state index in [1.165, 1.54) is 6.26 Å². The highest BCUT2D eigenvalue weighted by atomic mass is 32.1. The van der Waals surface area contributed by atoms with Gasteiger partial charge in [0.05, 0.1) is 39.7 Å². The van der Waals surface area contributed by atoms with Gasteiger partial charge in [0, 0.05) is 23.5 Å². The van der Waals surface area contributed by atoms with E-state index in [9.17, 15) is 4.79 Å². The number of amides is 1. The molecule has 0 aliphatic carbocycles. The number of benzene rings is 1. The zero-order valence-corrected chi connectivity index (χ0v) is 18.7. The van der Waals surface area contributed by atoms with E-state index in [1.807, 2.05) is 25.1 Å². The van der Waals surface area contributed by atoms with Gasteiger partial charge in [-0.1, -0.05) is 6.07 Å². The van der Waals surface area contributed by atoms with Gasteiger partial charge in [0.25, 0.3) is 5.91 Å². The number of nitrogens with one attached hydrogen (secondary N) is 1. The SMILES string of the molecule is COc1ccc([C@H](c2cc(C)sc2NC(=O)c2ccco2)N2CCOCC2)cc1OC. The third-order valence-electron chi connectivity index (χ3n) is 5.28. The molecule has 0 bridgehead atoms. The highest BCUT2D eigenvalue weighted by Gasteiger charge is 2.29. The fraction of sp³-hybridized carbons (Fsp3) is 0.348. The number of aryl methyl sites for hydroxylation is 1. The summed E-state index contributed by atoms with van der Waals surface area (Å²) in [7, 11) is 3.26. The molecule has 0 saturated carbocycles. The number of ether oxygens (including phenoxy) is 3. The highest BCUT2D eigenvalue weighted by Crippen LogP contribution is 2.41. The standard InChI is InChI=1S/C23H26N2O5S/c1-15-13-17(23(31-15)24-22(26)19-5-4-10-30-19)21(25-8-11-29-12-9-25)16-6-7-18(27-2)20(14-16)28-3/h4-7,10,13-14,21H,8-9,11-12H2,1-3H3,(H,24,26)/t21-/m1/s1. The third-order valence-corrected chi connectivity index (χ3v) is 6.27. The lowest BCUT2D eigenvalue weighted by molar-refractivity contribution is 0.0241. The first-order chi connectivity index (χ1) is 15.1. The molecule has 0 spiro atoms. The van der Waals surface area contributed by atoms with Crippen LogP contribution in [0.25, 0.3) is 0 Å². The van der Waals surface area contributed by atoms with Gasteiger partial charge in [0.15, 0.2) is 17.3 Å². The molecule has 1 amide bonds. The molecule has 0 radical (unpaired) electrons. The number of hydrogen-bond acceptors (Lipinski definition) is 7. The van der Waals surface area contributed by atoms with E-state index in [0.717, 1.165) is 34.1 Å². The molecule has 4 rings (SSSR count). The molecule has 1 aromatic carbocycles. The van der Waals surface area contributed by atoms with Crippen LogP contribution in [0.2, 0.25) is 0 Å². The van der Waals surface area contributed by atoms with Crippen LogP contribution in [0.15, 0.2) is 47.1 Å². The Morgan fingerprint density at radius 3 is 2.58 bits per heavy atom. The molecule has 8 heteroatoms. The molecule has 0 unspecified atom stereocenters. The summed E-state index contributed by atoms with van der Waals surface area (Å²) in [6.07, 6.45) is 1.50. The minimum Gasteiger partial charge on any atom is -0.493 e. The van der Waals surface area contributed by atoms with Gasteiger partial charge in [-0.2, -0.15) is 0 Å². The number of nitrogens with zero attached hydrogens (tertiary/aromatic N) is 1. The lowest BCUT2D eigenvalue weighted by Gasteiger charge is -2.35. The van der Waals surface area contributed by atoms with Crippen molar-refractivity contribution in [2.45, 2.75) is 13.0 Å². The number of carbonyl (C=O) groups excluding carboxylic acids is 1. The molecule has 1 fully saturated rings. The Hall–Kier alpha value is -2.81. The minimum absolute atomic E-state index is 0.0689. The first kappa shape index (κ1) is 21.4. The molecule has 3 heterocycles. The van der Waals surface area contributed by atoms with E-state index in [0.29, 0.717) is 24.7 Å². The number of hydrogen-bond donors (Lipinski definition) is 1. The molecule has 1 N–H and O–H groups in total. The van der Waals surface area contributed by atoms with Gasteiger partial charge in [-0.25, -0.2) is 0 Å². The Kier molecular flexibility index (Phi) is 6.60. The summed E-state index contributed by atoms with van der Waals surface area (Å²) in [5, 5.41) is 3.86. The lowest BCUT2D eigenvalue weighted by atomic mass is 9.97. The maximum Gasteiger partial charge on any atom is 0.291 e. The van der Waals surface area contributed by atoms with Crippen molar-refractivity contribution in [3.8, 4) is 11.5 Å². The van der Waals surface area contributed by atoms with Gasteiger partial charge >= 0.3 is 0 Å². The number of thiophene rings is 1. The van der Waals surface area contributed by atoms with Crippen LogP contribution in [0.5, 0.6) is 11.5 Å². The van der Waals surface area contributed by atoms with Gasteiger partial charge in [-0.3, -0.25) is 9.69 Å². The molecule has 31 heavy (non-hydrogen) atoms. The first-order valence-electron chi connectivity index (χ1n) is 10.1. The summed E-state index contributed by atoms with van der Waals surface area (Å²) in [4.78, 5) is 16.2. The van der Waals surface area contributed by atoms with Crippen molar-refractivity contribution >= 4 is 22.2 Å². The lowest BCUT2D eigenvalue weighted by Crippen LogP contribution is -2.39. The molecule has 164 valence electrons. The maximum atomic E-state index is 12.7. The van der Waals surface area contributed by atoms with Crippen LogP contribution in [0, 0.1) is 6.92 Å². The average Bonchev–Trinajstić information content (AvgIpc) is 3.45. The van der Waals surface area contributed by atoms with Crippen molar-refractivity contribution in [1.29, 1.82) is 0 Å². The molecule has 1 aliphatic rings. The molecule has 3 aromatic rings. The van der Waals surface area contributed by atoms with Crippen LogP contribution in [0.3, 0.4) is 0 Å². The number of rotatable bonds is 7. The fourth-order valence-electron chi connectivity index (χ4n) is 3.85. The van der Waals surface area contributed by atoms with Crippen molar-refractivity contribution in [2.24, 2.45) is 0 Å². The summed E-state index contributed by atoms with van der Waals surface area (Å²) in [6.45, 7) is 4.96. The topological polar surface area (TPSA) is 73.2 Å². The zero-order chi connectivity index (χ0) is 21.8. The summed E-state index contributed by atoms with van der Waals surface area (Å²) in [6, 6.07) is 11.4. The molecule has 1 atom stereocenters. The van der Waals surface area contributed by atoms with Crippen molar-refractivity contribution in [3.63, 3.8) is 0 Å². The van der Waals surface area contributed by atoms with Gasteiger partial charge in [-0.15, -0.1) is 11.3 Å². The normalized spacial score (nSPS) is 15.5. The highest BCUT2D eigenvalue weighted by molar-refractivity contribution is 7.16. The van der Waals surface area contributed by atoms with Gasteiger partial charge < -0.3 is 23.9 Å². The quantitative estimate of drug-likeness (QED) is 0.587. The van der Waals surface area contributed by atoms with Crippen LogP contribution in [0.1, 0.15) is 32.6 Å². The van der Waals surface area contributed by atoms with E-state index in [2.05, 4.69) is 16.3 Å². The molecular formula is C23H26N2O5S. The zero-order valence-electron chi connectivity index (χ0n) is 17.8. The predicted octanol–water partition coefficient (Wildman–Crippen LogP) is 4.34.